The average molecular weight is 327 g/mol. The quantitative estimate of drug-likeness (QED) is 0.807. The number of anilines is 2. The van der Waals surface area contributed by atoms with Gasteiger partial charge in [-0.1, -0.05) is 30.3 Å². The van der Waals surface area contributed by atoms with Crippen molar-refractivity contribution in [1.29, 1.82) is 0 Å². The maximum absolute atomic E-state index is 12.2. The van der Waals surface area contributed by atoms with E-state index in [0.29, 0.717) is 16.1 Å². The number of carbonyl (C=O) groups excluding carboxylic acids is 2. The maximum Gasteiger partial charge on any atom is 0.260 e. The Morgan fingerprint density at radius 1 is 1.22 bits per heavy atom. The minimum absolute atomic E-state index is 0.0271. The third-order valence-corrected chi connectivity index (χ3v) is 5.15. The summed E-state index contributed by atoms with van der Waals surface area (Å²) in [5, 5.41) is 3.97. The Hall–Kier alpha value is -2.60. The molecule has 6 heteroatoms. The number of nitrogen functional groups attached to an aromatic ring is 1. The molecule has 0 bridgehead atoms. The molecule has 23 heavy (non-hydrogen) atoms. The molecule has 2 aromatic rings. The molecule has 1 atom stereocenters. The standard InChI is InChI=1S/C17H17N3O2S/c1-8-11(9(2)21)12(10-6-4-3-5-7-10)13-14(18)15(16(19)22)23-17(13)20-8/h3-7,12,20H,18H2,1-2H3,(H2,19,22). The molecule has 1 amide bonds. The van der Waals surface area contributed by atoms with Gasteiger partial charge < -0.3 is 16.8 Å². The number of hydrogen-bond donors (Lipinski definition) is 3. The molecule has 0 spiro atoms. The van der Waals surface area contributed by atoms with E-state index >= 15 is 0 Å². The molecule has 1 aliphatic heterocycles. The molecular weight excluding hydrogens is 310 g/mol. The van der Waals surface area contributed by atoms with E-state index in [0.717, 1.165) is 21.8 Å². The number of amides is 1. The summed E-state index contributed by atoms with van der Waals surface area (Å²) in [7, 11) is 0. The van der Waals surface area contributed by atoms with Crippen LogP contribution in [-0.4, -0.2) is 11.7 Å². The molecule has 1 aliphatic rings. The fourth-order valence-electron chi connectivity index (χ4n) is 3.06. The van der Waals surface area contributed by atoms with Crippen molar-refractivity contribution in [2.24, 2.45) is 5.73 Å². The van der Waals surface area contributed by atoms with E-state index in [1.165, 1.54) is 11.3 Å². The van der Waals surface area contributed by atoms with Crippen LogP contribution in [0.2, 0.25) is 0 Å². The molecule has 3 rings (SSSR count). The molecule has 5 nitrogen and oxygen atoms in total. The van der Waals surface area contributed by atoms with E-state index in [2.05, 4.69) is 5.32 Å². The fraction of sp³-hybridized carbons (Fsp3) is 0.176. The lowest BCUT2D eigenvalue weighted by atomic mass is 9.80. The van der Waals surface area contributed by atoms with Gasteiger partial charge in [0.15, 0.2) is 5.78 Å². The third-order valence-electron chi connectivity index (χ3n) is 4.00. The molecular formula is C17H17N3O2S. The Kier molecular flexibility index (Phi) is 3.69. The predicted octanol–water partition coefficient (Wildman–Crippen LogP) is 2.85. The smallest absolute Gasteiger partial charge is 0.260 e. The van der Waals surface area contributed by atoms with Crippen molar-refractivity contribution >= 4 is 33.7 Å². The highest BCUT2D eigenvalue weighted by molar-refractivity contribution is 7.18. The van der Waals surface area contributed by atoms with Crippen LogP contribution in [0.3, 0.4) is 0 Å². The van der Waals surface area contributed by atoms with Gasteiger partial charge in [0.2, 0.25) is 0 Å². The van der Waals surface area contributed by atoms with Crippen molar-refractivity contribution in [1.82, 2.24) is 0 Å². The van der Waals surface area contributed by atoms with Crippen LogP contribution in [0.1, 0.15) is 40.6 Å². The number of thiophene rings is 1. The first kappa shape index (κ1) is 15.3. The van der Waals surface area contributed by atoms with Crippen LogP contribution in [0.4, 0.5) is 10.7 Å². The summed E-state index contributed by atoms with van der Waals surface area (Å²) in [6.45, 7) is 3.40. The number of Topliss-reactive ketones (excluding diaryl/α,β-unsaturated/α-hetero) is 1. The van der Waals surface area contributed by atoms with Crippen LogP contribution in [0.5, 0.6) is 0 Å². The van der Waals surface area contributed by atoms with Gasteiger partial charge in [0.1, 0.15) is 4.88 Å². The zero-order valence-corrected chi connectivity index (χ0v) is 13.7. The Balaban J connectivity index is 2.29. The van der Waals surface area contributed by atoms with Crippen molar-refractivity contribution in [3.8, 4) is 0 Å². The van der Waals surface area contributed by atoms with Gasteiger partial charge in [-0.05, 0) is 19.4 Å². The summed E-state index contributed by atoms with van der Waals surface area (Å²) in [6, 6.07) is 9.67. The summed E-state index contributed by atoms with van der Waals surface area (Å²) in [5.74, 6) is -0.882. The molecule has 118 valence electrons. The lowest BCUT2D eigenvalue weighted by Gasteiger charge is -2.28. The fourth-order valence-corrected chi connectivity index (χ4v) is 4.13. The molecule has 1 aromatic heterocycles. The van der Waals surface area contributed by atoms with Crippen LogP contribution in [0.25, 0.3) is 0 Å². The molecule has 5 N–H and O–H groups in total. The Labute approximate surface area is 138 Å². The summed E-state index contributed by atoms with van der Waals surface area (Å²) < 4.78 is 0. The van der Waals surface area contributed by atoms with Crippen molar-refractivity contribution in [3.63, 3.8) is 0 Å². The molecule has 1 aromatic carbocycles. The summed E-state index contributed by atoms with van der Waals surface area (Å²) in [6.07, 6.45) is 0. The van der Waals surface area contributed by atoms with E-state index < -0.39 is 5.91 Å². The zero-order chi connectivity index (χ0) is 16.7. The van der Waals surface area contributed by atoms with E-state index in [1.54, 1.807) is 6.92 Å². The minimum Gasteiger partial charge on any atom is -0.397 e. The monoisotopic (exact) mass is 327 g/mol. The lowest BCUT2D eigenvalue weighted by Crippen LogP contribution is -2.21. The van der Waals surface area contributed by atoms with Gasteiger partial charge in [0, 0.05) is 22.8 Å². The number of nitrogens with one attached hydrogen (secondary N) is 1. The van der Waals surface area contributed by atoms with Crippen molar-refractivity contribution < 1.29 is 9.59 Å². The highest BCUT2D eigenvalue weighted by Crippen LogP contribution is 2.49. The van der Waals surface area contributed by atoms with Crippen LogP contribution in [-0.2, 0) is 4.79 Å². The summed E-state index contributed by atoms with van der Waals surface area (Å²) in [4.78, 5) is 24.2. The van der Waals surface area contributed by atoms with E-state index in [1.807, 2.05) is 37.3 Å². The number of fused-ring (bicyclic) bond motifs is 1. The van der Waals surface area contributed by atoms with Crippen LogP contribution in [0, 0.1) is 0 Å². The predicted molar refractivity (Wildman–Crippen MR) is 92.5 cm³/mol. The molecule has 0 saturated heterocycles. The van der Waals surface area contributed by atoms with Gasteiger partial charge in [0.05, 0.1) is 10.7 Å². The number of nitrogens with two attached hydrogens (primary N) is 2. The van der Waals surface area contributed by atoms with E-state index in [9.17, 15) is 9.59 Å². The lowest BCUT2D eigenvalue weighted by molar-refractivity contribution is -0.113. The first-order valence-corrected chi connectivity index (χ1v) is 7.99. The molecule has 0 fully saturated rings. The zero-order valence-electron chi connectivity index (χ0n) is 12.8. The van der Waals surface area contributed by atoms with Gasteiger partial charge in [-0.15, -0.1) is 11.3 Å². The van der Waals surface area contributed by atoms with Crippen molar-refractivity contribution in [3.05, 3.63) is 57.6 Å². The third kappa shape index (κ3) is 2.41. The van der Waals surface area contributed by atoms with Crippen LogP contribution >= 0.6 is 11.3 Å². The largest absolute Gasteiger partial charge is 0.397 e. The Morgan fingerprint density at radius 2 is 1.87 bits per heavy atom. The number of primary amides is 1. The topological polar surface area (TPSA) is 98.2 Å². The Bertz CT molecular complexity index is 837. The highest BCUT2D eigenvalue weighted by Gasteiger charge is 2.35. The SMILES string of the molecule is CC(=O)C1=C(C)Nc2sc(C(N)=O)c(N)c2C1c1ccccc1. The second-order valence-electron chi connectivity index (χ2n) is 5.52. The van der Waals surface area contributed by atoms with Gasteiger partial charge in [-0.3, -0.25) is 9.59 Å². The number of rotatable bonds is 3. The van der Waals surface area contributed by atoms with Gasteiger partial charge in [-0.25, -0.2) is 0 Å². The number of carbonyl (C=O) groups is 2. The molecule has 0 radical (unpaired) electrons. The number of benzene rings is 1. The van der Waals surface area contributed by atoms with Crippen molar-refractivity contribution in [2.75, 3.05) is 11.1 Å². The van der Waals surface area contributed by atoms with E-state index in [4.69, 9.17) is 11.5 Å². The maximum atomic E-state index is 12.2. The highest BCUT2D eigenvalue weighted by atomic mass is 32.1. The van der Waals surface area contributed by atoms with Crippen LogP contribution < -0.4 is 16.8 Å². The molecule has 0 aliphatic carbocycles. The van der Waals surface area contributed by atoms with Crippen molar-refractivity contribution in [2.45, 2.75) is 19.8 Å². The average Bonchev–Trinajstić information content (AvgIpc) is 2.83. The number of allylic oxidation sites excluding steroid dienone is 2. The Morgan fingerprint density at radius 3 is 2.43 bits per heavy atom. The second-order valence-corrected chi connectivity index (χ2v) is 6.54. The normalized spacial score (nSPS) is 16.7. The first-order valence-electron chi connectivity index (χ1n) is 7.17. The van der Waals surface area contributed by atoms with Crippen LogP contribution in [0.15, 0.2) is 41.6 Å². The molecule has 2 heterocycles. The first-order chi connectivity index (χ1) is 10.9. The number of hydrogen-bond acceptors (Lipinski definition) is 5. The minimum atomic E-state index is -0.558. The summed E-state index contributed by atoms with van der Waals surface area (Å²) in [5.41, 5.74) is 15.1. The second kappa shape index (κ2) is 5.55. The summed E-state index contributed by atoms with van der Waals surface area (Å²) >= 11 is 1.23. The van der Waals surface area contributed by atoms with Gasteiger partial charge in [-0.2, -0.15) is 0 Å². The number of ketones is 1. The van der Waals surface area contributed by atoms with Gasteiger partial charge in [0.25, 0.3) is 5.91 Å². The van der Waals surface area contributed by atoms with Gasteiger partial charge >= 0.3 is 0 Å². The molecule has 1 unspecified atom stereocenters. The molecule has 0 saturated carbocycles. The van der Waals surface area contributed by atoms with E-state index in [-0.39, 0.29) is 11.7 Å².